The number of hydrogen-bond acceptors (Lipinski definition) is 4. The Balaban J connectivity index is 0.00000196. The molecular weight excluding hydrogens is 399 g/mol. The van der Waals surface area contributed by atoms with Crippen LogP contribution in [0, 0.1) is 20.8 Å². The van der Waals surface area contributed by atoms with Crippen LogP contribution in [0.25, 0.3) is 0 Å². The Labute approximate surface area is 197 Å². The molecule has 0 saturated heterocycles. The van der Waals surface area contributed by atoms with Crippen LogP contribution < -0.4 is 13.6 Å². The van der Waals surface area contributed by atoms with Crippen LogP contribution in [0.15, 0.2) is 72.8 Å². The molecule has 0 N–H and O–H groups in total. The summed E-state index contributed by atoms with van der Waals surface area (Å²) >= 11 is 0. The summed E-state index contributed by atoms with van der Waals surface area (Å²) < 4.78 is 30.2. The van der Waals surface area contributed by atoms with Crippen molar-refractivity contribution in [3.05, 3.63) is 89.5 Å². The Morgan fingerprint density at radius 2 is 0.750 bits per heavy atom. The molecule has 0 radical (unpaired) electrons. The molecule has 146 valence electrons. The molecule has 0 aliphatic carbocycles. The van der Waals surface area contributed by atoms with E-state index in [-0.39, 0.29) is 45.2 Å². The summed E-state index contributed by atoms with van der Waals surface area (Å²) in [6, 6.07) is 21.6. The third-order valence-corrected chi connectivity index (χ3v) is 5.02. The molecule has 4 nitrogen and oxygen atoms in total. The maximum absolute atomic E-state index is 13.3. The van der Waals surface area contributed by atoms with Gasteiger partial charge in [0.25, 0.3) is 0 Å². The Hall–Kier alpha value is -1.45. The monoisotopic (exact) mass is 426 g/mol. The van der Waals surface area contributed by atoms with E-state index in [2.05, 4.69) is 0 Å². The minimum atomic E-state index is -3.93. The molecule has 3 aromatic carbocycles. The van der Waals surface area contributed by atoms with Crippen LogP contribution in [-0.2, 0) is 4.57 Å². The molecule has 0 heterocycles. The van der Waals surface area contributed by atoms with Crippen LogP contribution in [-0.4, -0.2) is 37.7 Å². The quantitative estimate of drug-likeness (QED) is 0.359. The SMILES string of the molecule is C.Cc1ccc(OP(=O)(Oc2ccc(C)cc2)Oc2ccc(C)cc2)cc1.[CaH2]. The van der Waals surface area contributed by atoms with Crippen LogP contribution in [0.1, 0.15) is 24.1 Å². The van der Waals surface area contributed by atoms with Crippen LogP contribution in [0.4, 0.5) is 0 Å². The number of phosphoric acid groups is 1. The van der Waals surface area contributed by atoms with E-state index in [1.54, 1.807) is 36.4 Å². The van der Waals surface area contributed by atoms with Crippen LogP contribution >= 0.6 is 7.82 Å². The molecule has 0 saturated carbocycles. The molecule has 0 fully saturated rings. The van der Waals surface area contributed by atoms with Gasteiger partial charge in [-0.15, -0.1) is 0 Å². The Kier molecular flexibility index (Phi) is 9.59. The Bertz CT molecular complexity index is 784. The van der Waals surface area contributed by atoms with Gasteiger partial charge in [0.1, 0.15) is 17.2 Å². The molecule has 0 unspecified atom stereocenters. The van der Waals surface area contributed by atoms with Gasteiger partial charge in [0.05, 0.1) is 0 Å². The van der Waals surface area contributed by atoms with Crippen molar-refractivity contribution >= 4 is 45.6 Å². The molecule has 0 atom stereocenters. The van der Waals surface area contributed by atoms with Gasteiger partial charge in [0.2, 0.25) is 0 Å². The van der Waals surface area contributed by atoms with Crippen LogP contribution in [0.3, 0.4) is 0 Å². The summed E-state index contributed by atoms with van der Waals surface area (Å²) in [5.41, 5.74) is 3.23. The van der Waals surface area contributed by atoms with E-state index in [4.69, 9.17) is 13.6 Å². The number of hydrogen-bond donors (Lipinski definition) is 0. The van der Waals surface area contributed by atoms with Crippen molar-refractivity contribution < 1.29 is 18.1 Å². The van der Waals surface area contributed by atoms with E-state index in [9.17, 15) is 4.57 Å². The van der Waals surface area contributed by atoms with Crippen molar-refractivity contribution in [2.45, 2.75) is 28.2 Å². The zero-order valence-corrected chi connectivity index (χ0v) is 15.9. The third-order valence-electron chi connectivity index (χ3n) is 3.71. The van der Waals surface area contributed by atoms with Gasteiger partial charge in [-0.2, -0.15) is 4.57 Å². The van der Waals surface area contributed by atoms with Gasteiger partial charge < -0.3 is 13.6 Å². The standard InChI is InChI=1S/C21H21O4P.CH4.Ca.2H/c1-16-4-10-19(11-5-16)23-26(22,24-20-12-6-17(2)7-13-20)25-21-14-8-18(3)9-15-21;;;;/h4-15H,1-3H3;1H4;;;. The Morgan fingerprint density at radius 3 is 0.964 bits per heavy atom. The first-order chi connectivity index (χ1) is 12.4. The van der Waals surface area contributed by atoms with E-state index in [1.165, 1.54) is 0 Å². The Morgan fingerprint density at radius 1 is 0.536 bits per heavy atom. The van der Waals surface area contributed by atoms with E-state index in [0.29, 0.717) is 17.2 Å². The summed E-state index contributed by atoms with van der Waals surface area (Å²) in [7, 11) is -3.93. The van der Waals surface area contributed by atoms with Gasteiger partial charge >= 0.3 is 45.6 Å². The van der Waals surface area contributed by atoms with Crippen LogP contribution in [0.5, 0.6) is 17.2 Å². The molecule has 0 aromatic heterocycles. The van der Waals surface area contributed by atoms with Crippen molar-refractivity contribution in [2.24, 2.45) is 0 Å². The van der Waals surface area contributed by atoms with Crippen molar-refractivity contribution in [3.63, 3.8) is 0 Å². The van der Waals surface area contributed by atoms with Gasteiger partial charge in [0.15, 0.2) is 0 Å². The molecular formula is C22H27CaO4P. The zero-order chi connectivity index (χ0) is 18.6. The van der Waals surface area contributed by atoms with E-state index >= 15 is 0 Å². The second kappa shape index (κ2) is 10.9. The summed E-state index contributed by atoms with van der Waals surface area (Å²) in [5, 5.41) is 0. The number of rotatable bonds is 6. The van der Waals surface area contributed by atoms with Gasteiger partial charge in [-0.25, -0.2) is 0 Å². The molecule has 0 spiro atoms. The van der Waals surface area contributed by atoms with Crippen molar-refractivity contribution in [1.82, 2.24) is 0 Å². The number of phosphoric ester groups is 1. The number of benzene rings is 3. The second-order valence-corrected chi connectivity index (χ2v) is 7.60. The molecule has 3 aromatic rings. The summed E-state index contributed by atoms with van der Waals surface area (Å²) in [6.45, 7) is 5.90. The number of aryl methyl sites for hydroxylation is 3. The van der Waals surface area contributed by atoms with Crippen molar-refractivity contribution in [1.29, 1.82) is 0 Å². The van der Waals surface area contributed by atoms with Gasteiger partial charge in [0, 0.05) is 0 Å². The molecule has 28 heavy (non-hydrogen) atoms. The molecule has 0 aliphatic rings. The molecule has 3 rings (SSSR count). The van der Waals surface area contributed by atoms with E-state index in [1.807, 2.05) is 57.2 Å². The summed E-state index contributed by atoms with van der Waals surface area (Å²) in [4.78, 5) is 0. The first-order valence-corrected chi connectivity index (χ1v) is 9.77. The fourth-order valence-electron chi connectivity index (χ4n) is 2.24. The second-order valence-electron chi connectivity index (χ2n) is 6.16. The average Bonchev–Trinajstić information content (AvgIpc) is 2.61. The summed E-state index contributed by atoms with van der Waals surface area (Å²) in [5.74, 6) is 1.24. The average molecular weight is 427 g/mol. The topological polar surface area (TPSA) is 44.8 Å². The minimum absolute atomic E-state index is 0. The summed E-state index contributed by atoms with van der Waals surface area (Å²) in [6.07, 6.45) is 0. The predicted octanol–water partition coefficient (Wildman–Crippen LogP) is 5.98. The molecule has 6 heteroatoms. The maximum atomic E-state index is 13.3. The van der Waals surface area contributed by atoms with Gasteiger partial charge in [-0.05, 0) is 57.2 Å². The fraction of sp³-hybridized carbons (Fsp3) is 0.182. The first kappa shape index (κ1) is 24.6. The predicted molar refractivity (Wildman–Crippen MR) is 118 cm³/mol. The molecule has 0 amide bonds. The third kappa shape index (κ3) is 7.18. The van der Waals surface area contributed by atoms with Gasteiger partial charge in [-0.3, -0.25) is 0 Å². The fourth-order valence-corrected chi connectivity index (χ4v) is 3.49. The first-order valence-electron chi connectivity index (χ1n) is 8.31. The zero-order valence-electron chi connectivity index (χ0n) is 15.0. The van der Waals surface area contributed by atoms with E-state index < -0.39 is 7.82 Å². The van der Waals surface area contributed by atoms with Crippen molar-refractivity contribution in [2.75, 3.05) is 0 Å². The van der Waals surface area contributed by atoms with Crippen LogP contribution in [0.2, 0.25) is 0 Å². The molecule has 0 bridgehead atoms. The van der Waals surface area contributed by atoms with Crippen molar-refractivity contribution in [3.8, 4) is 17.2 Å². The van der Waals surface area contributed by atoms with E-state index in [0.717, 1.165) is 16.7 Å². The molecule has 0 aliphatic heterocycles. The normalized spacial score (nSPS) is 10.2. The van der Waals surface area contributed by atoms with Gasteiger partial charge in [-0.1, -0.05) is 60.5 Å².